The molecule has 1 fully saturated rings. The summed E-state index contributed by atoms with van der Waals surface area (Å²) in [5.74, 6) is -1.26. The normalized spacial score (nSPS) is 21.5. The molecular weight excluding hydrogens is 292 g/mol. The molecule has 2 heterocycles. The number of hydrogen-bond donors (Lipinski definition) is 2. The van der Waals surface area contributed by atoms with Crippen LogP contribution in [0, 0.1) is 6.92 Å². The summed E-state index contributed by atoms with van der Waals surface area (Å²) in [4.78, 5) is 28.6. The number of piperidine rings is 1. The molecule has 1 aromatic heterocycles. The summed E-state index contributed by atoms with van der Waals surface area (Å²) in [6.07, 6.45) is 3.64. The van der Waals surface area contributed by atoms with Crippen LogP contribution in [0.25, 0.3) is 10.9 Å². The molecule has 2 N–H and O–H groups in total. The number of aryl methyl sites for hydroxylation is 1. The summed E-state index contributed by atoms with van der Waals surface area (Å²) in [5, 5.41) is 11.5. The zero-order valence-electron chi connectivity index (χ0n) is 13.6. The monoisotopic (exact) mass is 314 g/mol. The smallest absolute Gasteiger partial charge is 0.198 e. The first-order chi connectivity index (χ1) is 11.0. The molecule has 0 saturated carbocycles. The minimum Gasteiger partial charge on any atom is -0.545 e. The maximum absolute atomic E-state index is 12.9. The van der Waals surface area contributed by atoms with Crippen LogP contribution in [0.2, 0.25) is 0 Å². The third-order valence-electron chi connectivity index (χ3n) is 5.03. The maximum Gasteiger partial charge on any atom is 0.198 e. The third-order valence-corrected chi connectivity index (χ3v) is 5.03. The zero-order valence-corrected chi connectivity index (χ0v) is 13.6. The van der Waals surface area contributed by atoms with Crippen LogP contribution in [-0.4, -0.2) is 23.5 Å². The number of H-pyrrole nitrogens is 1. The molecule has 5 heteroatoms. The Kier molecular flexibility index (Phi) is 4.22. The fraction of sp³-hybridized carbons (Fsp3) is 0.444. The molecule has 1 aliphatic heterocycles. The van der Waals surface area contributed by atoms with E-state index < -0.39 is 5.97 Å². The summed E-state index contributed by atoms with van der Waals surface area (Å²) in [7, 11) is 0. The molecule has 0 aliphatic carbocycles. The first-order valence-corrected chi connectivity index (χ1v) is 8.19. The number of carbonyl (C=O) groups excluding carboxylic acids is 1. The Morgan fingerprint density at radius 3 is 2.87 bits per heavy atom. The minimum atomic E-state index is -1.26. The Labute approximate surface area is 134 Å². The van der Waals surface area contributed by atoms with E-state index in [9.17, 15) is 14.7 Å². The fourth-order valence-corrected chi connectivity index (χ4v) is 3.53. The number of aromatic carboxylic acids is 1. The highest BCUT2D eigenvalue weighted by molar-refractivity contribution is 5.92. The molecule has 23 heavy (non-hydrogen) atoms. The number of rotatable bonds is 3. The van der Waals surface area contributed by atoms with Crippen LogP contribution in [0.5, 0.6) is 0 Å². The van der Waals surface area contributed by atoms with Gasteiger partial charge in [-0.2, -0.15) is 0 Å². The molecule has 1 aromatic carbocycles. The van der Waals surface area contributed by atoms with Crippen molar-refractivity contribution >= 4 is 16.9 Å². The van der Waals surface area contributed by atoms with Crippen molar-refractivity contribution in [3.63, 3.8) is 0 Å². The van der Waals surface area contributed by atoms with E-state index in [0.717, 1.165) is 17.8 Å². The average Bonchev–Trinajstić information content (AvgIpc) is 2.52. The molecule has 3 rings (SSSR count). The summed E-state index contributed by atoms with van der Waals surface area (Å²) < 4.78 is 0. The van der Waals surface area contributed by atoms with Gasteiger partial charge < -0.3 is 19.8 Å². The lowest BCUT2D eigenvalue weighted by atomic mass is 10.0. The molecule has 0 amide bonds. The van der Waals surface area contributed by atoms with Crippen molar-refractivity contribution in [2.75, 3.05) is 6.54 Å². The number of likely N-dealkylation sites (tertiary alicyclic amines) is 1. The van der Waals surface area contributed by atoms with Crippen LogP contribution < -0.4 is 15.4 Å². The molecular formula is C18H22N2O3. The van der Waals surface area contributed by atoms with Gasteiger partial charge in [0.25, 0.3) is 0 Å². The topological polar surface area (TPSA) is 77.4 Å². The number of quaternary nitrogens is 1. The second kappa shape index (κ2) is 6.16. The molecule has 1 unspecified atom stereocenters. The van der Waals surface area contributed by atoms with Crippen molar-refractivity contribution < 1.29 is 14.8 Å². The van der Waals surface area contributed by atoms with Gasteiger partial charge in [0.2, 0.25) is 0 Å². The largest absolute Gasteiger partial charge is 0.545 e. The van der Waals surface area contributed by atoms with E-state index in [4.69, 9.17) is 0 Å². The number of carboxylic acids is 1. The SMILES string of the molecule is Cc1[nH]c2ccc(C(=O)[O-])cc2c(=O)c1C[NH+]1CCCC[C@H]1C. The van der Waals surface area contributed by atoms with Gasteiger partial charge in [0, 0.05) is 16.6 Å². The molecule has 2 aromatic rings. The highest BCUT2D eigenvalue weighted by atomic mass is 16.4. The Morgan fingerprint density at radius 1 is 1.39 bits per heavy atom. The van der Waals surface area contributed by atoms with E-state index in [1.165, 1.54) is 36.3 Å². The van der Waals surface area contributed by atoms with Crippen LogP contribution in [0.4, 0.5) is 0 Å². The van der Waals surface area contributed by atoms with E-state index in [1.807, 2.05) is 6.92 Å². The Balaban J connectivity index is 2.05. The van der Waals surface area contributed by atoms with Gasteiger partial charge in [-0.1, -0.05) is 6.07 Å². The lowest BCUT2D eigenvalue weighted by Crippen LogP contribution is -3.15. The number of aromatic nitrogens is 1. The predicted octanol–water partition coefficient (Wildman–Crippen LogP) is 0.157. The average molecular weight is 314 g/mol. The first kappa shape index (κ1) is 15.7. The Hall–Kier alpha value is -2.14. The van der Waals surface area contributed by atoms with Gasteiger partial charge in [-0.15, -0.1) is 0 Å². The lowest BCUT2D eigenvalue weighted by molar-refractivity contribution is -0.942. The van der Waals surface area contributed by atoms with Crippen molar-refractivity contribution in [3.05, 3.63) is 45.2 Å². The van der Waals surface area contributed by atoms with Crippen LogP contribution in [-0.2, 0) is 6.54 Å². The van der Waals surface area contributed by atoms with E-state index >= 15 is 0 Å². The highest BCUT2D eigenvalue weighted by Crippen LogP contribution is 2.13. The minimum absolute atomic E-state index is 0.0384. The van der Waals surface area contributed by atoms with Crippen LogP contribution >= 0.6 is 0 Å². The van der Waals surface area contributed by atoms with Crippen molar-refractivity contribution in [3.8, 4) is 0 Å². The van der Waals surface area contributed by atoms with Gasteiger partial charge in [-0.3, -0.25) is 4.79 Å². The number of carboxylic acid groups (broad SMARTS) is 1. The molecule has 0 radical (unpaired) electrons. The van der Waals surface area contributed by atoms with Crippen molar-refractivity contribution in [1.82, 2.24) is 4.98 Å². The number of aromatic amines is 1. The van der Waals surface area contributed by atoms with Crippen LogP contribution in [0.1, 0.15) is 47.8 Å². The van der Waals surface area contributed by atoms with Gasteiger partial charge >= 0.3 is 0 Å². The van der Waals surface area contributed by atoms with E-state index in [1.54, 1.807) is 6.07 Å². The first-order valence-electron chi connectivity index (χ1n) is 8.19. The summed E-state index contributed by atoms with van der Waals surface area (Å²) >= 11 is 0. The van der Waals surface area contributed by atoms with Crippen LogP contribution in [0.15, 0.2) is 23.0 Å². The molecule has 122 valence electrons. The molecule has 5 nitrogen and oxygen atoms in total. The number of benzene rings is 1. The summed E-state index contributed by atoms with van der Waals surface area (Å²) in [5.41, 5.74) is 2.27. The second-order valence-electron chi connectivity index (χ2n) is 6.59. The van der Waals surface area contributed by atoms with Gasteiger partial charge in [-0.05, 0) is 50.8 Å². The fourth-order valence-electron chi connectivity index (χ4n) is 3.53. The van der Waals surface area contributed by atoms with Crippen molar-refractivity contribution in [1.29, 1.82) is 0 Å². The van der Waals surface area contributed by atoms with E-state index in [-0.39, 0.29) is 11.0 Å². The van der Waals surface area contributed by atoms with E-state index in [0.29, 0.717) is 23.5 Å². The van der Waals surface area contributed by atoms with Gasteiger partial charge in [0.15, 0.2) is 5.43 Å². The molecule has 1 aliphatic rings. The molecule has 2 atom stereocenters. The summed E-state index contributed by atoms with van der Waals surface area (Å²) in [6.45, 7) is 5.91. The van der Waals surface area contributed by atoms with Gasteiger partial charge in [0.05, 0.1) is 24.1 Å². The van der Waals surface area contributed by atoms with Crippen LogP contribution in [0.3, 0.4) is 0 Å². The number of fused-ring (bicyclic) bond motifs is 1. The zero-order chi connectivity index (χ0) is 16.6. The number of pyridine rings is 1. The van der Waals surface area contributed by atoms with Crippen molar-refractivity contribution in [2.45, 2.75) is 45.7 Å². The highest BCUT2D eigenvalue weighted by Gasteiger charge is 2.24. The standard InChI is InChI=1S/C18H22N2O3/c1-11-5-3-4-8-20(11)10-15-12(2)19-16-7-6-13(18(22)23)9-14(16)17(15)21/h6-7,9,11H,3-5,8,10H2,1-2H3,(H,19,21)(H,22,23)/t11-/m1/s1. The number of hydrogen-bond acceptors (Lipinski definition) is 3. The van der Waals surface area contributed by atoms with Gasteiger partial charge in [0.1, 0.15) is 6.54 Å². The quantitative estimate of drug-likeness (QED) is 0.847. The Morgan fingerprint density at radius 2 is 2.17 bits per heavy atom. The number of nitrogens with one attached hydrogen (secondary N) is 2. The lowest BCUT2D eigenvalue weighted by Gasteiger charge is -2.30. The maximum atomic E-state index is 12.9. The van der Waals surface area contributed by atoms with E-state index in [2.05, 4.69) is 11.9 Å². The van der Waals surface area contributed by atoms with Gasteiger partial charge in [-0.25, -0.2) is 0 Å². The second-order valence-corrected chi connectivity index (χ2v) is 6.59. The number of carbonyl (C=O) groups is 1. The third kappa shape index (κ3) is 3.01. The predicted molar refractivity (Wildman–Crippen MR) is 86.5 cm³/mol. The molecule has 0 bridgehead atoms. The Bertz CT molecular complexity index is 810. The summed E-state index contributed by atoms with van der Waals surface area (Å²) in [6, 6.07) is 5.06. The molecule has 1 saturated heterocycles. The van der Waals surface area contributed by atoms with Crippen molar-refractivity contribution in [2.24, 2.45) is 0 Å². The molecule has 0 spiro atoms.